The van der Waals surface area contributed by atoms with Crippen molar-refractivity contribution in [3.05, 3.63) is 20.6 Å². The minimum atomic E-state index is -0.134. The van der Waals surface area contributed by atoms with E-state index in [0.717, 1.165) is 0 Å². The van der Waals surface area contributed by atoms with E-state index in [1.807, 2.05) is 9.80 Å². The van der Waals surface area contributed by atoms with Crippen molar-refractivity contribution >= 4 is 55.9 Å². The van der Waals surface area contributed by atoms with E-state index in [-0.39, 0.29) is 21.9 Å². The second-order valence-electron chi connectivity index (χ2n) is 6.79. The molecule has 0 aliphatic carbocycles. The number of morpholine rings is 2. The highest BCUT2D eigenvalue weighted by atomic mass is 79.9. The van der Waals surface area contributed by atoms with Crippen molar-refractivity contribution in [3.8, 4) is 11.5 Å². The predicted molar refractivity (Wildman–Crippen MR) is 122 cm³/mol. The maximum Gasteiger partial charge on any atom is 0.250 e. The monoisotopic (exact) mass is 557 g/mol. The minimum absolute atomic E-state index is 0.0922. The molecule has 0 atom stereocenters. The molecule has 31 heavy (non-hydrogen) atoms. The Morgan fingerprint density at radius 2 is 1.45 bits per heavy atom. The quantitative estimate of drug-likeness (QED) is 0.370. The summed E-state index contributed by atoms with van der Waals surface area (Å²) in [6.45, 7) is 5.23. The van der Waals surface area contributed by atoms with Crippen LogP contribution in [0.15, 0.2) is 20.1 Å². The van der Waals surface area contributed by atoms with Crippen molar-refractivity contribution in [2.45, 2.75) is 0 Å². The molecule has 0 unspecified atom stereocenters. The topological polar surface area (TPSA) is 128 Å². The molecule has 0 radical (unpaired) electrons. The molecule has 0 bridgehead atoms. The van der Waals surface area contributed by atoms with Crippen LogP contribution >= 0.6 is 31.9 Å². The maximum absolute atomic E-state index is 10.2. The first-order valence-corrected chi connectivity index (χ1v) is 11.2. The number of benzene rings is 1. The summed E-state index contributed by atoms with van der Waals surface area (Å²) in [4.78, 5) is 17.7. The molecular weight excluding hydrogens is 538 g/mol. The maximum atomic E-state index is 10.2. The van der Waals surface area contributed by atoms with E-state index in [1.54, 1.807) is 6.07 Å². The molecule has 0 spiro atoms. The third-order valence-corrected chi connectivity index (χ3v) is 6.12. The highest BCUT2D eigenvalue weighted by Crippen LogP contribution is 2.40. The lowest BCUT2D eigenvalue weighted by Crippen LogP contribution is -2.40. The van der Waals surface area contributed by atoms with Crippen LogP contribution in [0.2, 0.25) is 0 Å². The lowest BCUT2D eigenvalue weighted by Gasteiger charge is -2.30. The first-order chi connectivity index (χ1) is 15.0. The molecule has 2 saturated heterocycles. The molecule has 2 fully saturated rings. The molecule has 0 amide bonds. The van der Waals surface area contributed by atoms with Gasteiger partial charge in [-0.05, 0) is 37.9 Å². The van der Waals surface area contributed by atoms with E-state index >= 15 is 0 Å². The van der Waals surface area contributed by atoms with Crippen LogP contribution in [0.3, 0.4) is 0 Å². The van der Waals surface area contributed by atoms with Gasteiger partial charge in [-0.25, -0.2) is 5.43 Å². The van der Waals surface area contributed by atoms with E-state index < -0.39 is 0 Å². The highest BCUT2D eigenvalue weighted by Gasteiger charge is 2.20. The Morgan fingerprint density at radius 1 is 0.903 bits per heavy atom. The van der Waals surface area contributed by atoms with Gasteiger partial charge in [0, 0.05) is 31.7 Å². The fourth-order valence-corrected chi connectivity index (χ4v) is 4.24. The Balaban J connectivity index is 1.58. The number of ether oxygens (including phenoxy) is 2. The van der Waals surface area contributed by atoms with E-state index in [4.69, 9.17) is 9.47 Å². The van der Waals surface area contributed by atoms with E-state index in [1.165, 1.54) is 6.21 Å². The number of aromatic nitrogens is 3. The number of hydrogen-bond donors (Lipinski definition) is 3. The predicted octanol–water partition coefficient (Wildman–Crippen LogP) is 1.93. The van der Waals surface area contributed by atoms with Crippen LogP contribution in [0.25, 0.3) is 0 Å². The van der Waals surface area contributed by atoms with Crippen LogP contribution in [0.1, 0.15) is 5.56 Å². The Labute approximate surface area is 195 Å². The molecule has 2 aromatic rings. The number of nitrogens with one attached hydrogen (secondary N) is 1. The molecule has 2 aliphatic heterocycles. The number of rotatable bonds is 5. The molecular formula is C18H21Br2N7O4. The molecule has 166 valence electrons. The first kappa shape index (κ1) is 22.0. The van der Waals surface area contributed by atoms with Gasteiger partial charge in [0.1, 0.15) is 16.0 Å². The molecule has 4 rings (SSSR count). The summed E-state index contributed by atoms with van der Waals surface area (Å²) in [6, 6.07) is 1.55. The van der Waals surface area contributed by atoms with Crippen LogP contribution in [-0.2, 0) is 9.47 Å². The van der Waals surface area contributed by atoms with Gasteiger partial charge < -0.3 is 29.5 Å². The van der Waals surface area contributed by atoms with Crippen LogP contribution in [0.5, 0.6) is 11.5 Å². The summed E-state index contributed by atoms with van der Waals surface area (Å²) < 4.78 is 11.4. The van der Waals surface area contributed by atoms with Gasteiger partial charge in [0.05, 0.1) is 37.1 Å². The average molecular weight is 559 g/mol. The molecule has 11 nitrogen and oxygen atoms in total. The summed E-state index contributed by atoms with van der Waals surface area (Å²) in [5.41, 5.74) is 3.21. The van der Waals surface area contributed by atoms with E-state index in [2.05, 4.69) is 57.3 Å². The van der Waals surface area contributed by atoms with Gasteiger partial charge in [-0.2, -0.15) is 20.1 Å². The second-order valence-corrected chi connectivity index (χ2v) is 8.43. The van der Waals surface area contributed by atoms with Gasteiger partial charge in [0.2, 0.25) is 17.8 Å². The smallest absolute Gasteiger partial charge is 0.250 e. The summed E-state index contributed by atoms with van der Waals surface area (Å²) in [7, 11) is 0. The van der Waals surface area contributed by atoms with Gasteiger partial charge >= 0.3 is 0 Å². The van der Waals surface area contributed by atoms with Gasteiger partial charge in [-0.1, -0.05) is 0 Å². The van der Waals surface area contributed by atoms with Gasteiger partial charge in [0.15, 0.2) is 0 Å². The zero-order valence-electron chi connectivity index (χ0n) is 16.5. The summed E-state index contributed by atoms with van der Waals surface area (Å²) in [5, 5.41) is 24.2. The van der Waals surface area contributed by atoms with Crippen molar-refractivity contribution in [1.82, 2.24) is 15.0 Å². The molecule has 1 aromatic heterocycles. The van der Waals surface area contributed by atoms with Gasteiger partial charge in [-0.3, -0.25) is 0 Å². The molecule has 1 aromatic carbocycles. The average Bonchev–Trinajstić information content (AvgIpc) is 2.82. The largest absolute Gasteiger partial charge is 0.506 e. The zero-order valence-corrected chi connectivity index (χ0v) is 19.6. The number of phenols is 2. The number of halogens is 2. The lowest BCUT2D eigenvalue weighted by atomic mass is 10.2. The number of nitrogens with zero attached hydrogens (tertiary/aromatic N) is 6. The lowest BCUT2D eigenvalue weighted by molar-refractivity contribution is 0.121. The highest BCUT2D eigenvalue weighted by molar-refractivity contribution is 9.11. The molecule has 0 saturated carbocycles. The Hall–Kier alpha value is -2.22. The Morgan fingerprint density at radius 3 is 2.00 bits per heavy atom. The molecule has 2 aliphatic rings. The van der Waals surface area contributed by atoms with Gasteiger partial charge in [-0.15, -0.1) is 0 Å². The number of aromatic hydroxyl groups is 2. The third-order valence-electron chi connectivity index (χ3n) is 4.77. The third kappa shape index (κ3) is 5.17. The fraction of sp³-hybridized carbons (Fsp3) is 0.444. The first-order valence-electron chi connectivity index (χ1n) is 9.63. The number of hydrogen-bond acceptors (Lipinski definition) is 11. The SMILES string of the molecule is Oc1c(Br)cc(C=NNc2nc(N3CCOCC3)nc(N3CCOCC3)n2)c(O)c1Br. The van der Waals surface area contributed by atoms with E-state index in [0.29, 0.717) is 74.5 Å². The normalized spacial score (nSPS) is 17.4. The molecule has 3 N–H and O–H groups in total. The standard InChI is InChI=1S/C18H21Br2N7O4/c19-12-9-11(14(28)13(20)15(12)29)10-21-25-16-22-17(26-1-5-30-6-2-26)24-18(23-16)27-3-7-31-8-4-27/h9-10,28-29H,1-8H2,(H,22,23,24,25). The van der Waals surface area contributed by atoms with Crippen molar-refractivity contribution < 1.29 is 19.7 Å². The van der Waals surface area contributed by atoms with Crippen molar-refractivity contribution in [1.29, 1.82) is 0 Å². The van der Waals surface area contributed by atoms with Crippen LogP contribution in [-0.4, -0.2) is 84.0 Å². The molecule has 3 heterocycles. The van der Waals surface area contributed by atoms with Crippen molar-refractivity contribution in [2.24, 2.45) is 5.10 Å². The number of anilines is 3. The Bertz CT molecular complexity index is 930. The Kier molecular flexibility index (Phi) is 7.05. The minimum Gasteiger partial charge on any atom is -0.506 e. The molecule has 13 heteroatoms. The van der Waals surface area contributed by atoms with Crippen LogP contribution < -0.4 is 15.2 Å². The van der Waals surface area contributed by atoms with Crippen LogP contribution in [0.4, 0.5) is 17.8 Å². The number of hydrazone groups is 1. The van der Waals surface area contributed by atoms with Crippen LogP contribution in [0, 0.1) is 0 Å². The van der Waals surface area contributed by atoms with Gasteiger partial charge in [0.25, 0.3) is 0 Å². The zero-order chi connectivity index (χ0) is 21.8. The number of phenolic OH excluding ortho intramolecular Hbond substituents is 2. The second kappa shape index (κ2) is 9.94. The van der Waals surface area contributed by atoms with E-state index in [9.17, 15) is 10.2 Å². The van der Waals surface area contributed by atoms with Crippen molar-refractivity contribution in [3.63, 3.8) is 0 Å². The summed E-state index contributed by atoms with van der Waals surface area (Å²) in [5.74, 6) is 1.16. The fourth-order valence-electron chi connectivity index (χ4n) is 3.09. The summed E-state index contributed by atoms with van der Waals surface area (Å²) in [6.07, 6.45) is 1.41. The van der Waals surface area contributed by atoms with Crippen molar-refractivity contribution in [2.75, 3.05) is 67.8 Å². The summed E-state index contributed by atoms with van der Waals surface area (Å²) >= 11 is 6.39.